The van der Waals surface area contributed by atoms with Crippen LogP contribution < -0.4 is 10.2 Å². The molecule has 3 nitrogen and oxygen atoms in total. The molecule has 1 heterocycles. The Balaban J connectivity index is 0.000000956. The van der Waals surface area contributed by atoms with E-state index in [1.54, 1.807) is 12.2 Å². The van der Waals surface area contributed by atoms with Crippen LogP contribution in [0.3, 0.4) is 0 Å². The van der Waals surface area contributed by atoms with Crippen LogP contribution in [0, 0.1) is 0 Å². The third-order valence-electron chi connectivity index (χ3n) is 2.63. The van der Waals surface area contributed by atoms with Gasteiger partial charge in [-0.15, -0.1) is 0 Å². The number of allylic oxidation sites excluding steroid dienone is 4. The Bertz CT molecular complexity index is 506. The molecular weight excluding hydrogens is 251 g/mol. The normalized spacial score (nSPS) is 13.8. The third kappa shape index (κ3) is 4.12. The summed E-state index contributed by atoms with van der Waals surface area (Å²) in [6.45, 7) is 9.99. The van der Waals surface area contributed by atoms with Crippen LogP contribution in [0.2, 0.25) is 0 Å². The summed E-state index contributed by atoms with van der Waals surface area (Å²) in [5.41, 5.74) is 1.76. The van der Waals surface area contributed by atoms with E-state index in [0.29, 0.717) is 12.4 Å². The fourth-order valence-corrected chi connectivity index (χ4v) is 1.81. The zero-order valence-electron chi connectivity index (χ0n) is 12.3. The molecule has 4 heteroatoms. The second-order valence-corrected chi connectivity index (χ2v) is 3.93. The number of ether oxygens (including phenoxy) is 1. The van der Waals surface area contributed by atoms with Gasteiger partial charge in [0.15, 0.2) is 0 Å². The molecule has 2 rings (SSSR count). The molecule has 1 aliphatic heterocycles. The van der Waals surface area contributed by atoms with Gasteiger partial charge in [-0.3, -0.25) is 0 Å². The van der Waals surface area contributed by atoms with E-state index in [1.807, 2.05) is 51.1 Å². The lowest BCUT2D eigenvalue weighted by Gasteiger charge is -2.07. The average molecular weight is 272 g/mol. The van der Waals surface area contributed by atoms with Gasteiger partial charge in [0.25, 0.3) is 0 Å². The van der Waals surface area contributed by atoms with E-state index >= 15 is 0 Å². The molecule has 0 saturated heterocycles. The lowest BCUT2D eigenvalue weighted by Crippen LogP contribution is -2.27. The minimum atomic E-state index is -0.812. The van der Waals surface area contributed by atoms with Crippen molar-refractivity contribution in [2.24, 2.45) is 0 Å². The van der Waals surface area contributed by atoms with Crippen LogP contribution in [0.15, 0.2) is 54.8 Å². The van der Waals surface area contributed by atoms with E-state index in [2.05, 4.69) is 6.58 Å². The van der Waals surface area contributed by atoms with Crippen molar-refractivity contribution in [3.05, 3.63) is 60.4 Å². The molecule has 0 aliphatic carbocycles. The molecule has 0 radical (unpaired) electrons. The van der Waals surface area contributed by atoms with Crippen LogP contribution in [0.25, 0.3) is 0 Å². The van der Waals surface area contributed by atoms with Gasteiger partial charge in [-0.2, -0.15) is 0 Å². The topological polar surface area (TPSA) is 38.7 Å². The first-order valence-electron chi connectivity index (χ1n) is 6.80. The molecule has 0 bridgehead atoms. The van der Waals surface area contributed by atoms with Crippen molar-refractivity contribution in [2.45, 2.75) is 27.4 Å². The molecule has 1 N–H and O–H groups in total. The third-order valence-corrected chi connectivity index (χ3v) is 2.63. The fourth-order valence-electron chi connectivity index (χ4n) is 1.81. The maximum Gasteiger partial charge on any atom is 0.491 e. The Morgan fingerprint density at radius 1 is 1.45 bits per heavy atom. The largest absolute Gasteiger partial charge is 0.491 e. The zero-order valence-corrected chi connectivity index (χ0v) is 12.3. The average Bonchev–Trinajstić information content (AvgIpc) is 2.83. The van der Waals surface area contributed by atoms with Crippen LogP contribution in [0.5, 0.6) is 5.75 Å². The van der Waals surface area contributed by atoms with E-state index in [0.717, 1.165) is 16.8 Å². The van der Waals surface area contributed by atoms with Gasteiger partial charge >= 0.3 is 7.12 Å². The molecule has 0 aromatic heterocycles. The number of hydrogen-bond acceptors (Lipinski definition) is 3. The molecule has 1 aromatic carbocycles. The van der Waals surface area contributed by atoms with Crippen molar-refractivity contribution in [1.29, 1.82) is 0 Å². The monoisotopic (exact) mass is 272 g/mol. The van der Waals surface area contributed by atoms with Crippen molar-refractivity contribution in [2.75, 3.05) is 0 Å². The highest BCUT2D eigenvalue weighted by Gasteiger charge is 2.27. The van der Waals surface area contributed by atoms with Gasteiger partial charge in [-0.05, 0) is 42.2 Å². The number of fused-ring (bicyclic) bond motifs is 1. The molecule has 0 spiro atoms. The van der Waals surface area contributed by atoms with E-state index in [1.165, 1.54) is 0 Å². The quantitative estimate of drug-likeness (QED) is 0.520. The smallest absolute Gasteiger partial charge is 0.457 e. The van der Waals surface area contributed by atoms with Gasteiger partial charge in [0.2, 0.25) is 0 Å². The predicted octanol–water partition coefficient (Wildman–Crippen LogP) is 2.96. The number of rotatable bonds is 4. The highest BCUT2D eigenvalue weighted by atomic mass is 16.5. The SMILES string of the molecule is C=C/C=C(\C=C/C)Oc1ccc2c(c1)COB2O.CC. The van der Waals surface area contributed by atoms with E-state index in [4.69, 9.17) is 9.39 Å². The summed E-state index contributed by atoms with van der Waals surface area (Å²) in [5.74, 6) is 1.43. The maximum absolute atomic E-state index is 9.52. The lowest BCUT2D eigenvalue weighted by atomic mass is 9.80. The molecule has 0 amide bonds. The van der Waals surface area contributed by atoms with Gasteiger partial charge in [0.05, 0.1) is 6.61 Å². The van der Waals surface area contributed by atoms with Crippen LogP contribution in [-0.2, 0) is 11.3 Å². The molecule has 1 aliphatic rings. The number of hydrogen-bond donors (Lipinski definition) is 1. The summed E-state index contributed by atoms with van der Waals surface area (Å²) in [4.78, 5) is 0. The maximum atomic E-state index is 9.52. The lowest BCUT2D eigenvalue weighted by molar-refractivity contribution is 0.275. The van der Waals surface area contributed by atoms with Crippen LogP contribution >= 0.6 is 0 Å². The standard InChI is InChI=1S/C14H15BO3.C2H6/c1-3-5-12(6-4-2)18-13-7-8-14-11(9-13)10-17-15(14)16;1-2/h3-9,16H,1,10H2,2H3;1-2H3/b6-4-,12-5+;. The minimum absolute atomic E-state index is 0.415. The second-order valence-electron chi connectivity index (χ2n) is 3.93. The van der Waals surface area contributed by atoms with Crippen LogP contribution in [-0.4, -0.2) is 12.1 Å². The molecule has 106 valence electrons. The summed E-state index contributed by atoms with van der Waals surface area (Å²) in [6.07, 6.45) is 7.23. The van der Waals surface area contributed by atoms with Crippen LogP contribution in [0.4, 0.5) is 0 Å². The molecule has 0 fully saturated rings. The Morgan fingerprint density at radius 2 is 2.20 bits per heavy atom. The summed E-state index contributed by atoms with van der Waals surface area (Å²) in [7, 11) is -0.812. The molecule has 1 aromatic rings. The van der Waals surface area contributed by atoms with Gasteiger partial charge < -0.3 is 14.4 Å². The highest BCUT2D eigenvalue weighted by molar-refractivity contribution is 6.61. The van der Waals surface area contributed by atoms with Crippen molar-refractivity contribution in [3.8, 4) is 5.75 Å². The van der Waals surface area contributed by atoms with Crippen molar-refractivity contribution < 1.29 is 14.4 Å². The second kappa shape index (κ2) is 8.41. The summed E-state index contributed by atoms with van der Waals surface area (Å²) >= 11 is 0. The highest BCUT2D eigenvalue weighted by Crippen LogP contribution is 2.19. The van der Waals surface area contributed by atoms with Crippen molar-refractivity contribution in [1.82, 2.24) is 0 Å². The Hall–Kier alpha value is -1.78. The first-order chi connectivity index (χ1) is 9.74. The van der Waals surface area contributed by atoms with E-state index in [9.17, 15) is 5.02 Å². The Labute approximate surface area is 121 Å². The van der Waals surface area contributed by atoms with Crippen molar-refractivity contribution >= 4 is 12.6 Å². The fraction of sp³-hybridized carbons (Fsp3) is 0.250. The molecule has 0 saturated carbocycles. The van der Waals surface area contributed by atoms with Gasteiger partial charge in [0.1, 0.15) is 11.5 Å². The van der Waals surface area contributed by atoms with Crippen molar-refractivity contribution in [3.63, 3.8) is 0 Å². The Morgan fingerprint density at radius 3 is 2.85 bits per heavy atom. The predicted molar refractivity (Wildman–Crippen MR) is 83.9 cm³/mol. The summed E-state index contributed by atoms with van der Waals surface area (Å²) in [6, 6.07) is 5.52. The molecule has 20 heavy (non-hydrogen) atoms. The molecule has 0 atom stereocenters. The summed E-state index contributed by atoms with van der Waals surface area (Å²) in [5, 5.41) is 9.52. The Kier molecular flexibility index (Phi) is 6.84. The first-order valence-corrected chi connectivity index (χ1v) is 6.80. The first kappa shape index (κ1) is 16.3. The zero-order chi connectivity index (χ0) is 15.0. The number of benzene rings is 1. The van der Waals surface area contributed by atoms with Gasteiger partial charge in [-0.1, -0.05) is 38.6 Å². The van der Waals surface area contributed by atoms with E-state index < -0.39 is 7.12 Å². The minimum Gasteiger partial charge on any atom is -0.457 e. The van der Waals surface area contributed by atoms with Gasteiger partial charge in [0, 0.05) is 0 Å². The van der Waals surface area contributed by atoms with Gasteiger partial charge in [-0.25, -0.2) is 0 Å². The molecular formula is C16H21BO3. The summed E-state index contributed by atoms with van der Waals surface area (Å²) < 4.78 is 10.9. The van der Waals surface area contributed by atoms with Crippen LogP contribution in [0.1, 0.15) is 26.3 Å². The van der Waals surface area contributed by atoms with E-state index in [-0.39, 0.29) is 0 Å². The molecule has 0 unspecified atom stereocenters.